The SMILES string of the molecule is CC(=O)c1c(O)c(C)c(O)c2c1OC1=Cc3c(c(C)nn3C(C)(C)C)C(=O)[C@@]12C. The molecule has 2 N–H and O–H groups in total. The first-order chi connectivity index (χ1) is 13.3. The maximum Gasteiger partial charge on any atom is 0.185 e. The van der Waals surface area contributed by atoms with Gasteiger partial charge in [-0.2, -0.15) is 5.10 Å². The van der Waals surface area contributed by atoms with Crippen molar-refractivity contribution in [3.8, 4) is 17.2 Å². The molecule has 0 spiro atoms. The van der Waals surface area contributed by atoms with Gasteiger partial charge in [-0.3, -0.25) is 14.3 Å². The summed E-state index contributed by atoms with van der Waals surface area (Å²) in [7, 11) is 0. The summed E-state index contributed by atoms with van der Waals surface area (Å²) in [5, 5.41) is 25.8. The number of hydrogen-bond acceptors (Lipinski definition) is 6. The monoisotopic (exact) mass is 396 g/mol. The van der Waals surface area contributed by atoms with Crippen molar-refractivity contribution in [2.45, 2.75) is 59.4 Å². The van der Waals surface area contributed by atoms with Gasteiger partial charge in [-0.05, 0) is 48.5 Å². The summed E-state index contributed by atoms with van der Waals surface area (Å²) in [6, 6.07) is 0. The van der Waals surface area contributed by atoms with Crippen molar-refractivity contribution >= 4 is 17.6 Å². The minimum atomic E-state index is -1.31. The zero-order valence-electron chi connectivity index (χ0n) is 17.6. The van der Waals surface area contributed by atoms with Crippen molar-refractivity contribution in [3.05, 3.63) is 39.4 Å². The first-order valence-electron chi connectivity index (χ1n) is 9.46. The van der Waals surface area contributed by atoms with E-state index in [9.17, 15) is 19.8 Å². The van der Waals surface area contributed by atoms with Crippen LogP contribution >= 0.6 is 0 Å². The van der Waals surface area contributed by atoms with Crippen LogP contribution in [0.1, 0.15) is 77.8 Å². The van der Waals surface area contributed by atoms with Gasteiger partial charge >= 0.3 is 0 Å². The van der Waals surface area contributed by atoms with Crippen molar-refractivity contribution in [1.82, 2.24) is 9.78 Å². The Morgan fingerprint density at radius 1 is 1.21 bits per heavy atom. The van der Waals surface area contributed by atoms with E-state index in [4.69, 9.17) is 4.74 Å². The van der Waals surface area contributed by atoms with Gasteiger partial charge in [0.05, 0.1) is 28.1 Å². The van der Waals surface area contributed by atoms with Gasteiger partial charge in [0.25, 0.3) is 0 Å². The first kappa shape index (κ1) is 19.2. The Labute approximate surface area is 168 Å². The quantitative estimate of drug-likeness (QED) is 0.712. The lowest BCUT2D eigenvalue weighted by Crippen LogP contribution is -2.37. The van der Waals surface area contributed by atoms with Crippen molar-refractivity contribution in [2.75, 3.05) is 0 Å². The summed E-state index contributed by atoms with van der Waals surface area (Å²) in [5.74, 6) is -0.903. The Hall–Kier alpha value is -3.09. The summed E-state index contributed by atoms with van der Waals surface area (Å²) in [5.41, 5.74) is 0.331. The van der Waals surface area contributed by atoms with Crippen LogP contribution in [-0.2, 0) is 11.0 Å². The molecule has 7 heteroatoms. The van der Waals surface area contributed by atoms with E-state index in [1.165, 1.54) is 13.8 Å². The second-order valence-electron chi connectivity index (χ2n) is 8.95. The van der Waals surface area contributed by atoms with E-state index in [0.29, 0.717) is 22.7 Å². The van der Waals surface area contributed by atoms with Crippen LogP contribution in [0.2, 0.25) is 0 Å². The molecule has 0 saturated carbocycles. The van der Waals surface area contributed by atoms with Gasteiger partial charge < -0.3 is 14.9 Å². The Bertz CT molecular complexity index is 1160. The third kappa shape index (κ3) is 2.21. The number of aryl methyl sites for hydroxylation is 1. The number of phenols is 2. The van der Waals surface area contributed by atoms with E-state index in [0.717, 1.165) is 0 Å². The average Bonchev–Trinajstić information content (AvgIpc) is 3.08. The maximum absolute atomic E-state index is 13.7. The number of phenolic OH excluding ortho intramolecular Hbond substituents is 2. The standard InChI is InChI=1S/C22H24N2O5/c1-9-17(26)15(11(3)25)19-16(18(9)27)22(7)13(29-19)8-12-14(20(22)28)10(2)23-24(12)21(4,5)6/h8,26-27H,1-7H3/t22-/m0/s1. The van der Waals surface area contributed by atoms with Crippen molar-refractivity contribution < 1.29 is 24.5 Å². The number of hydrogen-bond donors (Lipinski definition) is 2. The number of carbonyl (C=O) groups excluding carboxylic acids is 2. The second-order valence-corrected chi connectivity index (χ2v) is 8.95. The molecule has 2 heterocycles. The van der Waals surface area contributed by atoms with Gasteiger partial charge in [0.1, 0.15) is 34.0 Å². The molecule has 0 bridgehead atoms. The van der Waals surface area contributed by atoms with E-state index < -0.39 is 11.2 Å². The molecule has 0 radical (unpaired) electrons. The lowest BCUT2D eigenvalue weighted by molar-refractivity contribution is 0.0904. The van der Waals surface area contributed by atoms with Gasteiger partial charge in [0.15, 0.2) is 11.6 Å². The van der Waals surface area contributed by atoms with Gasteiger partial charge in [-0.15, -0.1) is 0 Å². The smallest absolute Gasteiger partial charge is 0.185 e. The number of Topliss-reactive ketones (excluding diaryl/α,β-unsaturated/α-hetero) is 2. The second kappa shape index (κ2) is 5.49. The van der Waals surface area contributed by atoms with E-state index in [1.807, 2.05) is 20.8 Å². The first-order valence-corrected chi connectivity index (χ1v) is 9.46. The number of benzene rings is 1. The molecule has 7 nitrogen and oxygen atoms in total. The number of carbonyl (C=O) groups is 2. The van der Waals surface area contributed by atoms with Crippen LogP contribution in [0.25, 0.3) is 6.08 Å². The number of aromatic hydroxyl groups is 2. The summed E-state index contributed by atoms with van der Waals surface area (Å²) in [4.78, 5) is 26.0. The minimum Gasteiger partial charge on any atom is -0.507 e. The Morgan fingerprint density at radius 2 is 1.83 bits per heavy atom. The number of ether oxygens (including phenoxy) is 1. The molecule has 2 aromatic rings. The number of nitrogens with zero attached hydrogens (tertiary/aromatic N) is 2. The third-order valence-corrected chi connectivity index (χ3v) is 5.88. The van der Waals surface area contributed by atoms with E-state index >= 15 is 0 Å². The Balaban J connectivity index is 2.08. The molecule has 1 atom stereocenters. The summed E-state index contributed by atoms with van der Waals surface area (Å²) >= 11 is 0. The number of allylic oxidation sites excluding steroid dienone is 1. The molecule has 1 aliphatic heterocycles. The number of fused-ring (bicyclic) bond motifs is 4. The van der Waals surface area contributed by atoms with Crippen LogP contribution < -0.4 is 4.74 Å². The topological polar surface area (TPSA) is 102 Å². The lowest BCUT2D eigenvalue weighted by atomic mass is 9.71. The highest BCUT2D eigenvalue weighted by Gasteiger charge is 2.55. The van der Waals surface area contributed by atoms with Crippen LogP contribution in [-0.4, -0.2) is 31.6 Å². The summed E-state index contributed by atoms with van der Waals surface area (Å²) < 4.78 is 7.77. The number of aromatic nitrogens is 2. The highest BCUT2D eigenvalue weighted by atomic mass is 16.5. The van der Waals surface area contributed by atoms with Gasteiger partial charge in [-0.1, -0.05) is 0 Å². The van der Waals surface area contributed by atoms with Crippen LogP contribution in [0, 0.1) is 13.8 Å². The predicted octanol–water partition coefficient (Wildman–Crippen LogP) is 3.76. The van der Waals surface area contributed by atoms with E-state index in [-0.39, 0.29) is 45.3 Å². The highest BCUT2D eigenvalue weighted by molar-refractivity contribution is 6.14. The molecule has 1 aliphatic carbocycles. The average molecular weight is 396 g/mol. The third-order valence-electron chi connectivity index (χ3n) is 5.88. The minimum absolute atomic E-state index is 0.0298. The van der Waals surface area contributed by atoms with E-state index in [1.54, 1.807) is 24.6 Å². The van der Waals surface area contributed by atoms with E-state index in [2.05, 4.69) is 5.10 Å². The van der Waals surface area contributed by atoms with Gasteiger partial charge in [-0.25, -0.2) is 0 Å². The summed E-state index contributed by atoms with van der Waals surface area (Å²) in [6.07, 6.45) is 1.75. The molecule has 0 fully saturated rings. The van der Waals surface area contributed by atoms with Crippen LogP contribution in [0.4, 0.5) is 0 Å². The van der Waals surface area contributed by atoms with Crippen LogP contribution in [0.3, 0.4) is 0 Å². The molecule has 29 heavy (non-hydrogen) atoms. The number of rotatable bonds is 1. The summed E-state index contributed by atoms with van der Waals surface area (Å²) in [6.45, 7) is 12.2. The Morgan fingerprint density at radius 3 is 2.38 bits per heavy atom. The predicted molar refractivity (Wildman–Crippen MR) is 107 cm³/mol. The number of ketones is 2. The van der Waals surface area contributed by atoms with Crippen molar-refractivity contribution in [1.29, 1.82) is 0 Å². The Kier molecular flexibility index (Phi) is 3.64. The zero-order chi connectivity index (χ0) is 21.6. The molecule has 1 aromatic carbocycles. The molecule has 0 unspecified atom stereocenters. The maximum atomic E-state index is 13.7. The zero-order valence-corrected chi connectivity index (χ0v) is 17.6. The normalized spacial score (nSPS) is 20.0. The lowest BCUT2D eigenvalue weighted by Gasteiger charge is -2.29. The molecule has 0 saturated heterocycles. The van der Waals surface area contributed by atoms with Gasteiger partial charge in [0, 0.05) is 11.6 Å². The fraction of sp³-hybridized carbons (Fsp3) is 0.409. The molecule has 2 aliphatic rings. The van der Waals surface area contributed by atoms with Crippen molar-refractivity contribution in [3.63, 3.8) is 0 Å². The molecule has 0 amide bonds. The fourth-order valence-electron chi connectivity index (χ4n) is 4.30. The van der Waals surface area contributed by atoms with Crippen molar-refractivity contribution in [2.24, 2.45) is 0 Å². The largest absolute Gasteiger partial charge is 0.507 e. The molecular weight excluding hydrogens is 372 g/mol. The molecule has 152 valence electrons. The van der Waals surface area contributed by atoms with Crippen LogP contribution in [0.15, 0.2) is 5.76 Å². The van der Waals surface area contributed by atoms with Crippen LogP contribution in [0.5, 0.6) is 17.2 Å². The molecule has 1 aromatic heterocycles. The fourth-order valence-corrected chi connectivity index (χ4v) is 4.30. The highest BCUT2D eigenvalue weighted by Crippen LogP contribution is 2.58. The van der Waals surface area contributed by atoms with Gasteiger partial charge in [0.2, 0.25) is 0 Å². The molecule has 4 rings (SSSR count). The molecular formula is C22H24N2O5.